The fourth-order valence-electron chi connectivity index (χ4n) is 5.55. The van der Waals surface area contributed by atoms with Gasteiger partial charge < -0.3 is 4.90 Å². The quantitative estimate of drug-likeness (QED) is 0.668. The number of likely N-dealkylation sites (tertiary alicyclic amines) is 2. The minimum atomic E-state index is -1.11. The first kappa shape index (κ1) is 22.3. The number of piperidine rings is 1. The summed E-state index contributed by atoms with van der Waals surface area (Å²) < 4.78 is 0. The molecule has 0 aliphatic carbocycles. The predicted molar refractivity (Wildman–Crippen MR) is 124 cm³/mol. The van der Waals surface area contributed by atoms with Crippen molar-refractivity contribution in [3.05, 3.63) is 70.8 Å². The number of amides is 3. The van der Waals surface area contributed by atoms with Gasteiger partial charge in [0, 0.05) is 38.4 Å². The van der Waals surface area contributed by atoms with E-state index in [-0.39, 0.29) is 30.6 Å². The van der Waals surface area contributed by atoms with Gasteiger partial charge in [-0.15, -0.1) is 0 Å². The molecular weight excluding hydrogens is 400 g/mol. The zero-order chi connectivity index (χ0) is 22.9. The highest BCUT2D eigenvalue weighted by atomic mass is 16.2. The molecule has 0 spiro atoms. The smallest absolute Gasteiger partial charge is 0.240 e. The van der Waals surface area contributed by atoms with Crippen molar-refractivity contribution >= 4 is 17.7 Å². The van der Waals surface area contributed by atoms with Gasteiger partial charge in [0.05, 0.1) is 5.41 Å². The van der Waals surface area contributed by atoms with E-state index in [1.807, 2.05) is 49.1 Å². The highest BCUT2D eigenvalue weighted by molar-refractivity contribution is 6.10. The Balaban J connectivity index is 1.63. The van der Waals surface area contributed by atoms with Crippen LogP contribution in [0.4, 0.5) is 0 Å². The number of rotatable bonds is 5. The number of imide groups is 1. The maximum atomic E-state index is 13.6. The van der Waals surface area contributed by atoms with Gasteiger partial charge in [0.25, 0.3) is 0 Å². The highest BCUT2D eigenvalue weighted by Crippen LogP contribution is 2.42. The molecule has 168 valence electrons. The van der Waals surface area contributed by atoms with Crippen LogP contribution in [0.15, 0.2) is 48.5 Å². The monoisotopic (exact) mass is 432 g/mol. The average molecular weight is 433 g/mol. The maximum absolute atomic E-state index is 13.6. The third kappa shape index (κ3) is 3.85. The Morgan fingerprint density at radius 3 is 2.38 bits per heavy atom. The molecule has 32 heavy (non-hydrogen) atoms. The zero-order valence-corrected chi connectivity index (χ0v) is 19.3. The number of hydrogen-bond acceptors (Lipinski definition) is 3. The Morgan fingerprint density at radius 1 is 1.03 bits per heavy atom. The van der Waals surface area contributed by atoms with Crippen molar-refractivity contribution in [3.8, 4) is 0 Å². The van der Waals surface area contributed by atoms with Crippen molar-refractivity contribution in [3.63, 3.8) is 0 Å². The minimum Gasteiger partial charge on any atom is -0.342 e. The van der Waals surface area contributed by atoms with E-state index in [0.717, 1.165) is 24.0 Å². The van der Waals surface area contributed by atoms with Gasteiger partial charge in [0.1, 0.15) is 0 Å². The summed E-state index contributed by atoms with van der Waals surface area (Å²) in [6.07, 6.45) is 2.10. The first-order chi connectivity index (χ1) is 15.4. The van der Waals surface area contributed by atoms with E-state index in [2.05, 4.69) is 25.1 Å². The molecular formula is C27H32N2O3. The van der Waals surface area contributed by atoms with E-state index in [0.29, 0.717) is 25.6 Å². The lowest BCUT2D eigenvalue weighted by Crippen LogP contribution is -2.46. The largest absolute Gasteiger partial charge is 0.342 e. The number of carbonyl (C=O) groups excluding carboxylic acids is 3. The van der Waals surface area contributed by atoms with Crippen LogP contribution in [0.1, 0.15) is 60.8 Å². The molecule has 3 amide bonds. The molecule has 2 fully saturated rings. The van der Waals surface area contributed by atoms with Gasteiger partial charge in [0.15, 0.2) is 0 Å². The van der Waals surface area contributed by atoms with E-state index in [1.54, 1.807) is 0 Å². The maximum Gasteiger partial charge on any atom is 0.240 e. The van der Waals surface area contributed by atoms with E-state index in [4.69, 9.17) is 0 Å². The molecule has 5 nitrogen and oxygen atoms in total. The van der Waals surface area contributed by atoms with Crippen molar-refractivity contribution in [2.45, 2.75) is 57.8 Å². The van der Waals surface area contributed by atoms with Crippen molar-refractivity contribution in [1.82, 2.24) is 9.80 Å². The van der Waals surface area contributed by atoms with Crippen molar-refractivity contribution in [2.24, 2.45) is 0 Å². The van der Waals surface area contributed by atoms with Crippen LogP contribution in [-0.2, 0) is 19.8 Å². The molecule has 0 N–H and O–H groups in total. The Hall–Kier alpha value is -2.95. The topological polar surface area (TPSA) is 57.7 Å². The summed E-state index contributed by atoms with van der Waals surface area (Å²) in [5, 5.41) is 0. The van der Waals surface area contributed by atoms with Crippen LogP contribution >= 0.6 is 0 Å². The van der Waals surface area contributed by atoms with Gasteiger partial charge in [-0.2, -0.15) is 0 Å². The molecule has 4 rings (SSSR count). The molecule has 2 aliphatic heterocycles. The number of carbonyl (C=O) groups is 3. The standard InChI is InChI=1S/C27H32N2O3/c1-4-29-25(31)17-27(26(29)32,23-14-8-6-11-20(23)3)16-24(30)28-15-9-12-21(18-28)22-13-7-5-10-19(22)2/h5-8,10-11,13-14,21H,4,9,12,15-18H2,1-3H3/t21-,27+/m1/s1. The molecule has 0 bridgehead atoms. The Morgan fingerprint density at radius 2 is 1.72 bits per heavy atom. The van der Waals surface area contributed by atoms with E-state index >= 15 is 0 Å². The van der Waals surface area contributed by atoms with Crippen molar-refractivity contribution in [2.75, 3.05) is 19.6 Å². The fraction of sp³-hybridized carbons (Fsp3) is 0.444. The number of hydrogen-bond donors (Lipinski definition) is 0. The molecule has 2 aliphatic rings. The summed E-state index contributed by atoms with van der Waals surface area (Å²) >= 11 is 0. The molecule has 0 aromatic heterocycles. The molecule has 0 saturated carbocycles. The summed E-state index contributed by atoms with van der Waals surface area (Å²) in [5.41, 5.74) is 3.18. The third-order valence-corrected chi connectivity index (χ3v) is 7.24. The SMILES string of the molecule is CCN1C(=O)C[C@@](CC(=O)N2CCC[C@@H](c3ccccc3C)C2)(c2ccccc2C)C1=O. The first-order valence-corrected chi connectivity index (χ1v) is 11.6. The second-order valence-electron chi connectivity index (χ2n) is 9.23. The van der Waals surface area contributed by atoms with Crippen molar-refractivity contribution < 1.29 is 14.4 Å². The van der Waals surface area contributed by atoms with E-state index in [9.17, 15) is 14.4 Å². The summed E-state index contributed by atoms with van der Waals surface area (Å²) in [4.78, 5) is 43.1. The molecule has 0 radical (unpaired) electrons. The Labute approximate surface area is 190 Å². The number of nitrogens with zero attached hydrogens (tertiary/aromatic N) is 2. The van der Waals surface area contributed by atoms with Crippen LogP contribution in [0.5, 0.6) is 0 Å². The van der Waals surface area contributed by atoms with Crippen LogP contribution in [0.2, 0.25) is 0 Å². The normalized spacial score (nSPS) is 23.7. The van der Waals surface area contributed by atoms with Gasteiger partial charge in [-0.25, -0.2) is 0 Å². The van der Waals surface area contributed by atoms with Gasteiger partial charge >= 0.3 is 0 Å². The lowest BCUT2D eigenvalue weighted by Gasteiger charge is -2.36. The third-order valence-electron chi connectivity index (χ3n) is 7.24. The lowest BCUT2D eigenvalue weighted by molar-refractivity contribution is -0.142. The van der Waals surface area contributed by atoms with Crippen molar-refractivity contribution in [1.29, 1.82) is 0 Å². The van der Waals surface area contributed by atoms with Crippen LogP contribution in [0.25, 0.3) is 0 Å². The van der Waals surface area contributed by atoms with E-state index in [1.165, 1.54) is 16.0 Å². The van der Waals surface area contributed by atoms with Gasteiger partial charge in [-0.05, 0) is 55.9 Å². The predicted octanol–water partition coefficient (Wildman–Crippen LogP) is 4.12. The van der Waals surface area contributed by atoms with Crippen LogP contribution in [-0.4, -0.2) is 47.2 Å². The Bertz CT molecular complexity index is 1050. The van der Waals surface area contributed by atoms with Gasteiger partial charge in [0.2, 0.25) is 17.7 Å². The van der Waals surface area contributed by atoms with E-state index < -0.39 is 5.41 Å². The number of aryl methyl sites for hydroxylation is 2. The number of benzene rings is 2. The summed E-state index contributed by atoms with van der Waals surface area (Å²) in [7, 11) is 0. The molecule has 2 saturated heterocycles. The second-order valence-corrected chi connectivity index (χ2v) is 9.23. The number of likely N-dealkylation sites (N-methyl/N-ethyl adjacent to an activating group) is 1. The summed E-state index contributed by atoms with van der Waals surface area (Å²) in [6.45, 7) is 7.56. The first-order valence-electron chi connectivity index (χ1n) is 11.6. The zero-order valence-electron chi connectivity index (χ0n) is 19.3. The average Bonchev–Trinajstić information content (AvgIpc) is 3.03. The highest BCUT2D eigenvalue weighted by Gasteiger charge is 2.54. The van der Waals surface area contributed by atoms with Crippen LogP contribution < -0.4 is 0 Å². The molecule has 2 heterocycles. The Kier molecular flexibility index (Phi) is 6.18. The molecule has 2 atom stereocenters. The van der Waals surface area contributed by atoms with Gasteiger partial charge in [-0.1, -0.05) is 48.5 Å². The molecule has 2 aromatic carbocycles. The summed E-state index contributed by atoms with van der Waals surface area (Å²) in [6, 6.07) is 16.0. The lowest BCUT2D eigenvalue weighted by atomic mass is 9.73. The second kappa shape index (κ2) is 8.89. The van der Waals surface area contributed by atoms with Crippen LogP contribution in [0, 0.1) is 13.8 Å². The minimum absolute atomic E-state index is 0.0364. The van der Waals surface area contributed by atoms with Crippen LogP contribution in [0.3, 0.4) is 0 Å². The molecule has 0 unspecified atom stereocenters. The molecule has 5 heteroatoms. The fourth-order valence-corrected chi connectivity index (χ4v) is 5.55. The summed E-state index contributed by atoms with van der Waals surface area (Å²) in [5.74, 6) is -0.160. The molecule has 2 aromatic rings. The van der Waals surface area contributed by atoms with Gasteiger partial charge in [-0.3, -0.25) is 19.3 Å².